The predicted octanol–water partition coefficient (Wildman–Crippen LogP) is 6.70. The number of guanidine groups is 1. The number of aliphatic imine (C=N–C) groups is 1. The second-order valence-electron chi connectivity index (χ2n) is 14.4. The second-order valence-corrected chi connectivity index (χ2v) is 14.8. The lowest BCUT2D eigenvalue weighted by atomic mass is 9.75. The SMILES string of the molecule is Cn1nccc1-c1ccc([C@@]2(CC(C)(C)C)N=C(N)N([C@H](COC(=O)NC3(C(C)(F)F)CC3)c3ccc(Cl)c(-n4ncnc4C(F)F)c3)C2=O)cc1. The smallest absolute Gasteiger partial charge is 0.407 e. The van der Waals surface area contributed by atoms with Crippen LogP contribution in [0, 0.1) is 5.41 Å². The molecule has 2 aromatic heterocycles. The van der Waals surface area contributed by atoms with Gasteiger partial charge in [-0.3, -0.25) is 14.4 Å². The van der Waals surface area contributed by atoms with Crippen molar-refractivity contribution in [2.45, 2.75) is 76.4 Å². The van der Waals surface area contributed by atoms with Gasteiger partial charge in [0.1, 0.15) is 18.5 Å². The number of carbonyl (C=O) groups excluding carboxylic acids is 2. The zero-order chi connectivity index (χ0) is 37.8. The van der Waals surface area contributed by atoms with E-state index in [0.29, 0.717) is 12.5 Å². The lowest BCUT2D eigenvalue weighted by molar-refractivity contribution is -0.135. The summed E-state index contributed by atoms with van der Waals surface area (Å²) in [5, 5.41) is 10.4. The minimum absolute atomic E-state index is 0.00200. The Morgan fingerprint density at radius 3 is 2.35 bits per heavy atom. The Kier molecular flexibility index (Phi) is 9.34. The molecule has 1 saturated carbocycles. The zero-order valence-electron chi connectivity index (χ0n) is 29.1. The van der Waals surface area contributed by atoms with Crippen LogP contribution in [-0.2, 0) is 22.1 Å². The molecule has 0 radical (unpaired) electrons. The van der Waals surface area contributed by atoms with Crippen LogP contribution in [0.3, 0.4) is 0 Å². The number of alkyl halides is 4. The van der Waals surface area contributed by atoms with Crippen molar-refractivity contribution >= 4 is 29.6 Å². The summed E-state index contributed by atoms with van der Waals surface area (Å²) >= 11 is 6.46. The Balaban J connectivity index is 1.41. The van der Waals surface area contributed by atoms with Gasteiger partial charge in [-0.25, -0.2) is 37.0 Å². The number of aromatic nitrogens is 5. The van der Waals surface area contributed by atoms with Gasteiger partial charge in [-0.05, 0) is 59.6 Å². The molecule has 17 heteroatoms. The Morgan fingerprint density at radius 2 is 1.77 bits per heavy atom. The molecule has 2 atom stereocenters. The van der Waals surface area contributed by atoms with Crippen LogP contribution in [0.5, 0.6) is 0 Å². The van der Waals surface area contributed by atoms with Crippen molar-refractivity contribution in [2.75, 3.05) is 6.61 Å². The first kappa shape index (κ1) is 36.8. The fourth-order valence-corrected chi connectivity index (χ4v) is 6.83. The molecule has 52 heavy (non-hydrogen) atoms. The van der Waals surface area contributed by atoms with Gasteiger partial charge in [-0.2, -0.15) is 10.2 Å². The third-order valence-electron chi connectivity index (χ3n) is 9.36. The van der Waals surface area contributed by atoms with Gasteiger partial charge >= 0.3 is 6.09 Å². The first-order chi connectivity index (χ1) is 24.4. The number of nitrogens with two attached hydrogens (primary N) is 1. The van der Waals surface area contributed by atoms with E-state index in [1.54, 1.807) is 23.0 Å². The van der Waals surface area contributed by atoms with Crippen LogP contribution in [0.25, 0.3) is 16.9 Å². The molecule has 2 aliphatic rings. The molecule has 0 unspecified atom stereocenters. The molecule has 276 valence electrons. The van der Waals surface area contributed by atoms with E-state index in [9.17, 15) is 27.2 Å². The van der Waals surface area contributed by atoms with E-state index in [-0.39, 0.29) is 41.5 Å². The Labute approximate surface area is 302 Å². The lowest BCUT2D eigenvalue weighted by Gasteiger charge is -2.35. The molecular weight excluding hydrogens is 706 g/mol. The predicted molar refractivity (Wildman–Crippen MR) is 184 cm³/mol. The van der Waals surface area contributed by atoms with Crippen molar-refractivity contribution in [3.63, 3.8) is 0 Å². The molecule has 2 aromatic carbocycles. The molecule has 0 saturated heterocycles. The van der Waals surface area contributed by atoms with Crippen LogP contribution in [-0.4, -0.2) is 65.5 Å². The van der Waals surface area contributed by atoms with E-state index in [2.05, 4.69) is 20.5 Å². The molecule has 1 aliphatic carbocycles. The highest BCUT2D eigenvalue weighted by Crippen LogP contribution is 2.48. The first-order valence-electron chi connectivity index (χ1n) is 16.4. The van der Waals surface area contributed by atoms with Gasteiger partial charge in [-0.15, -0.1) is 0 Å². The normalized spacial score (nSPS) is 19.2. The number of halogens is 5. The average Bonchev–Trinajstić information content (AvgIpc) is 3.37. The van der Waals surface area contributed by atoms with Crippen LogP contribution in [0.4, 0.5) is 22.4 Å². The molecule has 1 fully saturated rings. The number of benzene rings is 2. The number of ether oxygens (including phenoxy) is 1. The van der Waals surface area contributed by atoms with E-state index in [1.807, 2.05) is 46.0 Å². The van der Waals surface area contributed by atoms with E-state index >= 15 is 0 Å². The summed E-state index contributed by atoms with van der Waals surface area (Å²) in [6.07, 6.45) is -1.19. The Morgan fingerprint density at radius 1 is 1.08 bits per heavy atom. The van der Waals surface area contributed by atoms with Crippen LogP contribution in [0.15, 0.2) is 66.0 Å². The Hall–Kier alpha value is -4.99. The molecule has 1 aliphatic heterocycles. The van der Waals surface area contributed by atoms with E-state index in [1.165, 1.54) is 23.1 Å². The van der Waals surface area contributed by atoms with Gasteiger partial charge < -0.3 is 15.8 Å². The van der Waals surface area contributed by atoms with Gasteiger partial charge in [0, 0.05) is 20.2 Å². The molecule has 3 heterocycles. The number of carbonyl (C=O) groups is 2. The van der Waals surface area contributed by atoms with Crippen molar-refractivity contribution in [1.82, 2.24) is 34.8 Å². The minimum atomic E-state index is -3.21. The number of aryl methyl sites for hydroxylation is 1. The monoisotopic (exact) mass is 743 g/mol. The van der Waals surface area contributed by atoms with Crippen molar-refractivity contribution in [3.8, 4) is 16.9 Å². The molecule has 0 spiro atoms. The topological polar surface area (TPSA) is 146 Å². The van der Waals surface area contributed by atoms with E-state index in [0.717, 1.165) is 22.3 Å². The van der Waals surface area contributed by atoms with E-state index in [4.69, 9.17) is 27.1 Å². The summed E-state index contributed by atoms with van der Waals surface area (Å²) in [7, 11) is 1.81. The van der Waals surface area contributed by atoms with E-state index < -0.39 is 59.3 Å². The second kappa shape index (κ2) is 13.2. The molecule has 6 rings (SSSR count). The highest BCUT2D eigenvalue weighted by Gasteiger charge is 2.60. The highest BCUT2D eigenvalue weighted by molar-refractivity contribution is 6.32. The minimum Gasteiger partial charge on any atom is -0.447 e. The summed E-state index contributed by atoms with van der Waals surface area (Å²) in [4.78, 5) is 37.6. The molecule has 4 aromatic rings. The maximum atomic E-state index is 14.9. The quantitative estimate of drug-likeness (QED) is 0.163. The number of rotatable bonds is 11. The zero-order valence-corrected chi connectivity index (χ0v) is 29.8. The number of amides is 2. The molecule has 3 N–H and O–H groups in total. The largest absolute Gasteiger partial charge is 0.447 e. The van der Waals surface area contributed by atoms with Crippen LogP contribution >= 0.6 is 11.6 Å². The number of alkyl carbamates (subject to hydrolysis) is 1. The first-order valence-corrected chi connectivity index (χ1v) is 16.8. The number of nitrogens with one attached hydrogen (secondary N) is 1. The number of hydrogen-bond acceptors (Lipinski definition) is 8. The van der Waals surface area contributed by atoms with Gasteiger partial charge in [-0.1, -0.05) is 62.7 Å². The highest BCUT2D eigenvalue weighted by atomic mass is 35.5. The van der Waals surface area contributed by atoms with Crippen LogP contribution in [0.1, 0.15) is 76.4 Å². The maximum Gasteiger partial charge on any atom is 0.407 e. The summed E-state index contributed by atoms with van der Waals surface area (Å²) in [5.74, 6) is -4.65. The fourth-order valence-electron chi connectivity index (χ4n) is 6.64. The summed E-state index contributed by atoms with van der Waals surface area (Å²) in [6.45, 7) is 5.99. The van der Waals surface area contributed by atoms with Gasteiger partial charge in [0.05, 0.1) is 22.4 Å². The molecule has 12 nitrogen and oxygen atoms in total. The van der Waals surface area contributed by atoms with Crippen LogP contribution < -0.4 is 11.1 Å². The third-order valence-corrected chi connectivity index (χ3v) is 9.68. The third kappa shape index (κ3) is 6.83. The lowest BCUT2D eigenvalue weighted by Crippen LogP contribution is -2.50. The summed E-state index contributed by atoms with van der Waals surface area (Å²) in [6, 6.07) is 12.2. The molecular formula is C35H38ClF4N9O3. The van der Waals surface area contributed by atoms with Crippen molar-refractivity contribution in [3.05, 3.63) is 83.0 Å². The van der Waals surface area contributed by atoms with Crippen molar-refractivity contribution < 1.29 is 31.9 Å². The van der Waals surface area contributed by atoms with Crippen LogP contribution in [0.2, 0.25) is 5.02 Å². The molecule has 2 amide bonds. The summed E-state index contributed by atoms with van der Waals surface area (Å²) < 4.78 is 64.4. The number of hydrogen-bond donors (Lipinski definition) is 2. The fraction of sp³-hybridized carbons (Fsp3) is 0.429. The van der Waals surface area contributed by atoms with Crippen molar-refractivity contribution in [1.29, 1.82) is 0 Å². The number of nitrogens with zero attached hydrogens (tertiary/aromatic N) is 7. The summed E-state index contributed by atoms with van der Waals surface area (Å²) in [5.41, 5.74) is 5.35. The van der Waals surface area contributed by atoms with Gasteiger partial charge in [0.15, 0.2) is 17.3 Å². The Bertz CT molecular complexity index is 2020. The van der Waals surface area contributed by atoms with Crippen molar-refractivity contribution in [2.24, 2.45) is 23.2 Å². The maximum absolute atomic E-state index is 14.9. The average molecular weight is 744 g/mol. The van der Waals surface area contributed by atoms with Gasteiger partial charge in [0.2, 0.25) is 0 Å². The van der Waals surface area contributed by atoms with Gasteiger partial charge in [0.25, 0.3) is 18.3 Å². The molecule has 0 bridgehead atoms. The standard InChI is InChI=1S/C35H38ClF4N9O3/c1-32(2,3)18-35(22-9-6-20(7-10-22)24-12-15-43-47(24)5)29(50)48(30(41)45-35)26(17-52-31(51)46-34(13-14-34)33(4,39)40)21-8-11-23(36)25(16-21)49-28(27(37)38)42-19-44-49/h6-12,15-16,19,26-27H,13-14,17-18H2,1-5H3,(H2,41,45)(H,46,51)/t26-,35-/m1/s1.